The Morgan fingerprint density at radius 2 is 2.07 bits per heavy atom. The Morgan fingerprint density at radius 1 is 1.57 bits per heavy atom. The second-order valence-corrected chi connectivity index (χ2v) is 4.02. The van der Waals surface area contributed by atoms with Gasteiger partial charge in [0.05, 0.1) is 27.6 Å². The molecular weight excluding hydrogens is 192 g/mol. The number of likely N-dealkylation sites (N-methyl/N-ethyl adjacent to an activating group) is 1. The average molecular weight is 207 g/mol. The third-order valence-corrected chi connectivity index (χ3v) is 1.39. The molecule has 0 saturated heterocycles. The van der Waals surface area contributed by atoms with Crippen LogP contribution in [0.3, 0.4) is 0 Å². The van der Waals surface area contributed by atoms with E-state index in [1.807, 2.05) is 0 Å². The quantitative estimate of drug-likeness (QED) is 0.368. The highest BCUT2D eigenvalue weighted by Gasteiger charge is 2.24. The summed E-state index contributed by atoms with van der Waals surface area (Å²) in [5.74, 6) is -1.11. The molecule has 0 aromatic heterocycles. The van der Waals surface area contributed by atoms with Gasteiger partial charge in [-0.25, -0.2) is 0 Å². The van der Waals surface area contributed by atoms with Gasteiger partial charge in [0, 0.05) is 0 Å². The highest BCUT2D eigenvalue weighted by molar-refractivity contribution is 5.67. The maximum Gasteiger partial charge on any atom is 0.305 e. The second kappa shape index (κ2) is 4.75. The normalized spacial score (nSPS) is 13.4. The van der Waals surface area contributed by atoms with Gasteiger partial charge in [0.15, 0.2) is 6.10 Å². The Kier molecular flexibility index (Phi) is 4.29. The van der Waals surface area contributed by atoms with Crippen molar-refractivity contribution < 1.29 is 24.3 Å². The van der Waals surface area contributed by atoms with Crippen molar-refractivity contribution in [2.45, 2.75) is 12.5 Å². The van der Waals surface area contributed by atoms with Crippen molar-refractivity contribution in [1.82, 2.24) is 0 Å². The zero-order valence-electron chi connectivity index (χ0n) is 8.47. The van der Waals surface area contributed by atoms with Gasteiger partial charge in [-0.15, -0.1) is 10.1 Å². The van der Waals surface area contributed by atoms with Gasteiger partial charge in [-0.2, -0.15) is 0 Å². The molecule has 7 nitrogen and oxygen atoms in total. The Labute approximate surface area is 81.6 Å². The molecule has 0 saturated carbocycles. The minimum Gasteiger partial charge on any atom is -0.481 e. The Hall–Kier alpha value is -1.37. The van der Waals surface area contributed by atoms with Gasteiger partial charge in [0.2, 0.25) is 0 Å². The summed E-state index contributed by atoms with van der Waals surface area (Å²) in [4.78, 5) is 24.7. The monoisotopic (exact) mass is 207 g/mol. The van der Waals surface area contributed by atoms with E-state index >= 15 is 0 Å². The van der Waals surface area contributed by atoms with Crippen LogP contribution in [0.15, 0.2) is 0 Å². The van der Waals surface area contributed by atoms with E-state index in [2.05, 4.69) is 4.84 Å². The number of quaternary nitrogens is 1. The molecule has 82 valence electrons. The van der Waals surface area contributed by atoms with E-state index in [1.54, 1.807) is 21.1 Å². The van der Waals surface area contributed by atoms with E-state index in [0.717, 1.165) is 0 Å². The molecule has 1 N–H and O–H groups in total. The Morgan fingerprint density at radius 3 is 2.36 bits per heavy atom. The highest BCUT2D eigenvalue weighted by atomic mass is 17.0. The fourth-order valence-electron chi connectivity index (χ4n) is 1.06. The minimum atomic E-state index is -1.11. The predicted molar refractivity (Wildman–Crippen MR) is 47.0 cm³/mol. The van der Waals surface area contributed by atoms with Crippen LogP contribution >= 0.6 is 0 Å². The maximum absolute atomic E-state index is 10.4. The van der Waals surface area contributed by atoms with Crippen LogP contribution in [0.25, 0.3) is 0 Å². The molecule has 0 fully saturated rings. The van der Waals surface area contributed by atoms with Gasteiger partial charge in [0.1, 0.15) is 6.54 Å². The Bertz CT molecular complexity index is 207. The topological polar surface area (TPSA) is 89.7 Å². The molecule has 14 heavy (non-hydrogen) atoms. The van der Waals surface area contributed by atoms with Crippen LogP contribution in [0.2, 0.25) is 0 Å². The first kappa shape index (κ1) is 12.6. The number of aliphatic carboxylic acids is 1. The maximum atomic E-state index is 10.4. The molecule has 0 aromatic rings. The molecule has 1 atom stereocenters. The SMILES string of the molecule is C[N+](C)(C)CC(CC(=O)O)O[N+](=O)[O-]. The molecule has 0 aliphatic carbocycles. The van der Waals surface area contributed by atoms with Gasteiger partial charge in [-0.1, -0.05) is 0 Å². The van der Waals surface area contributed by atoms with Crippen LogP contribution < -0.4 is 0 Å². The number of carboxylic acids is 1. The summed E-state index contributed by atoms with van der Waals surface area (Å²) in [6, 6.07) is 0. The largest absolute Gasteiger partial charge is 0.481 e. The summed E-state index contributed by atoms with van der Waals surface area (Å²) < 4.78 is 0.409. The first-order valence-electron chi connectivity index (χ1n) is 4.04. The number of hydrogen-bond acceptors (Lipinski definition) is 4. The van der Waals surface area contributed by atoms with Crippen molar-refractivity contribution >= 4 is 5.97 Å². The molecule has 0 spiro atoms. The third-order valence-electron chi connectivity index (χ3n) is 1.39. The summed E-state index contributed by atoms with van der Waals surface area (Å²) >= 11 is 0. The van der Waals surface area contributed by atoms with Crippen LogP contribution in [0.4, 0.5) is 0 Å². The van der Waals surface area contributed by atoms with Crippen LogP contribution in [0.1, 0.15) is 6.42 Å². The van der Waals surface area contributed by atoms with E-state index in [1.165, 1.54) is 0 Å². The van der Waals surface area contributed by atoms with E-state index in [9.17, 15) is 14.9 Å². The lowest BCUT2D eigenvalue weighted by Crippen LogP contribution is -2.43. The first-order valence-corrected chi connectivity index (χ1v) is 4.04. The van der Waals surface area contributed by atoms with Crippen LogP contribution in [0, 0.1) is 10.1 Å². The fraction of sp³-hybridized carbons (Fsp3) is 0.857. The number of nitrogens with zero attached hydrogens (tertiary/aromatic N) is 2. The van der Waals surface area contributed by atoms with Crippen LogP contribution in [0.5, 0.6) is 0 Å². The van der Waals surface area contributed by atoms with Crippen molar-refractivity contribution in [3.8, 4) is 0 Å². The lowest BCUT2D eigenvalue weighted by atomic mass is 10.2. The Balaban J connectivity index is 4.24. The summed E-state index contributed by atoms with van der Waals surface area (Å²) in [6.45, 7) is 0.271. The first-order chi connectivity index (χ1) is 6.20. The number of rotatable bonds is 6. The van der Waals surface area contributed by atoms with E-state index in [0.29, 0.717) is 4.48 Å². The summed E-state index contributed by atoms with van der Waals surface area (Å²) in [7, 11) is 5.41. The van der Waals surface area contributed by atoms with E-state index < -0.39 is 17.2 Å². The average Bonchev–Trinajstić information content (AvgIpc) is 1.77. The molecule has 0 aliphatic rings. The molecule has 0 amide bonds. The van der Waals surface area contributed by atoms with Crippen molar-refractivity contribution in [2.24, 2.45) is 0 Å². The molecule has 7 heteroatoms. The summed E-state index contributed by atoms with van der Waals surface area (Å²) in [6.07, 6.45) is -1.27. The number of hydrogen-bond donors (Lipinski definition) is 1. The third kappa shape index (κ3) is 7.29. The van der Waals surface area contributed by atoms with Gasteiger partial charge < -0.3 is 14.4 Å². The fourth-order valence-corrected chi connectivity index (χ4v) is 1.06. The minimum absolute atomic E-state index is 0.271. The molecule has 1 unspecified atom stereocenters. The number of carbonyl (C=O) groups is 1. The van der Waals surface area contributed by atoms with Crippen LogP contribution in [-0.2, 0) is 9.63 Å². The molecule has 0 radical (unpaired) electrons. The highest BCUT2D eigenvalue weighted by Crippen LogP contribution is 2.04. The molecular formula is C7H15N2O5+. The lowest BCUT2D eigenvalue weighted by molar-refractivity contribution is -0.885. The number of carboxylic acid groups (broad SMARTS) is 1. The zero-order chi connectivity index (χ0) is 11.4. The molecule has 0 aliphatic heterocycles. The standard InChI is InChI=1S/C7H14N2O5/c1-9(2,3)5-6(4-7(10)11)14-8(12)13/h6H,4-5H2,1-3H3/p+1. The molecule has 0 bridgehead atoms. The predicted octanol–water partition coefficient (Wildman–Crippen LogP) is -0.256. The van der Waals surface area contributed by atoms with E-state index in [-0.39, 0.29) is 13.0 Å². The zero-order valence-corrected chi connectivity index (χ0v) is 8.47. The molecule has 0 aromatic carbocycles. The van der Waals surface area contributed by atoms with Crippen LogP contribution in [-0.4, -0.2) is 54.4 Å². The van der Waals surface area contributed by atoms with Gasteiger partial charge in [0.25, 0.3) is 5.09 Å². The van der Waals surface area contributed by atoms with Gasteiger partial charge >= 0.3 is 5.97 Å². The lowest BCUT2D eigenvalue weighted by Gasteiger charge is -2.27. The van der Waals surface area contributed by atoms with Gasteiger partial charge in [-0.05, 0) is 0 Å². The molecule has 0 rings (SSSR count). The van der Waals surface area contributed by atoms with Crippen molar-refractivity contribution in [1.29, 1.82) is 0 Å². The second-order valence-electron chi connectivity index (χ2n) is 4.02. The van der Waals surface area contributed by atoms with Crippen molar-refractivity contribution in [2.75, 3.05) is 27.7 Å². The van der Waals surface area contributed by atoms with Gasteiger partial charge in [-0.3, -0.25) is 4.79 Å². The summed E-state index contributed by atoms with van der Waals surface area (Å²) in [5.41, 5.74) is 0. The molecule has 0 heterocycles. The van der Waals surface area contributed by atoms with Crippen molar-refractivity contribution in [3.63, 3.8) is 0 Å². The smallest absolute Gasteiger partial charge is 0.305 e. The van der Waals surface area contributed by atoms with E-state index in [4.69, 9.17) is 5.11 Å². The summed E-state index contributed by atoms with van der Waals surface area (Å²) in [5, 5.41) is 17.6. The van der Waals surface area contributed by atoms with Crippen molar-refractivity contribution in [3.05, 3.63) is 10.1 Å².